The van der Waals surface area contributed by atoms with Crippen LogP contribution >= 0.6 is 0 Å². The van der Waals surface area contributed by atoms with Gasteiger partial charge in [0.15, 0.2) is 5.82 Å². The third-order valence-corrected chi connectivity index (χ3v) is 3.54. The molecule has 7 heteroatoms. The van der Waals surface area contributed by atoms with Crippen molar-refractivity contribution in [3.8, 4) is 0 Å². The first-order valence-corrected chi connectivity index (χ1v) is 7.38. The highest BCUT2D eigenvalue weighted by Gasteiger charge is 2.29. The largest absolute Gasteiger partial charge is 0.365 e. The highest BCUT2D eigenvalue weighted by atomic mass is 16.1. The van der Waals surface area contributed by atoms with Crippen LogP contribution in [0, 0.1) is 5.92 Å². The molecule has 0 aromatic carbocycles. The van der Waals surface area contributed by atoms with E-state index in [0.29, 0.717) is 24.8 Å². The van der Waals surface area contributed by atoms with Crippen LogP contribution < -0.4 is 10.6 Å². The van der Waals surface area contributed by atoms with Gasteiger partial charge in [-0.2, -0.15) is 0 Å². The highest BCUT2D eigenvalue weighted by Crippen LogP contribution is 2.39. The van der Waals surface area contributed by atoms with E-state index in [1.54, 1.807) is 6.20 Å². The molecule has 2 aromatic rings. The Balaban J connectivity index is 1.63. The number of hydrogen-bond acceptors (Lipinski definition) is 5. The van der Waals surface area contributed by atoms with Crippen molar-refractivity contribution >= 4 is 17.4 Å². The van der Waals surface area contributed by atoms with Crippen molar-refractivity contribution in [2.24, 2.45) is 5.92 Å². The summed E-state index contributed by atoms with van der Waals surface area (Å²) in [5, 5.41) is 14.6. The first kappa shape index (κ1) is 13.8. The molecule has 7 nitrogen and oxygen atoms in total. The minimum Gasteiger partial charge on any atom is -0.365 e. The number of fused-ring (bicyclic) bond motifs is 1. The predicted octanol–water partition coefficient (Wildman–Crippen LogP) is 1.19. The molecule has 0 atom stereocenters. The lowest BCUT2D eigenvalue weighted by Gasteiger charge is -2.09. The van der Waals surface area contributed by atoms with Crippen LogP contribution in [0.4, 0.5) is 5.82 Å². The highest BCUT2D eigenvalue weighted by molar-refractivity contribution is 5.77. The third kappa shape index (κ3) is 2.96. The molecule has 2 N–H and O–H groups in total. The van der Waals surface area contributed by atoms with Crippen molar-refractivity contribution in [3.63, 3.8) is 0 Å². The quantitative estimate of drug-likeness (QED) is 0.780. The van der Waals surface area contributed by atoms with E-state index < -0.39 is 0 Å². The van der Waals surface area contributed by atoms with Gasteiger partial charge < -0.3 is 10.6 Å². The molecule has 0 bridgehead atoms. The van der Waals surface area contributed by atoms with Gasteiger partial charge in [0.1, 0.15) is 5.82 Å². The zero-order valence-corrected chi connectivity index (χ0v) is 12.3. The van der Waals surface area contributed by atoms with Gasteiger partial charge >= 0.3 is 0 Å². The molecule has 112 valence electrons. The molecule has 1 saturated carbocycles. The lowest BCUT2D eigenvalue weighted by Crippen LogP contribution is -2.32. The number of carbonyl (C=O) groups excluding carboxylic acids is 1. The summed E-state index contributed by atoms with van der Waals surface area (Å²) in [7, 11) is 0. The zero-order chi connectivity index (χ0) is 14.8. The molecule has 0 spiro atoms. The summed E-state index contributed by atoms with van der Waals surface area (Å²) in [4.78, 5) is 15.8. The van der Waals surface area contributed by atoms with Crippen molar-refractivity contribution in [1.29, 1.82) is 0 Å². The van der Waals surface area contributed by atoms with Crippen LogP contribution in [0.5, 0.6) is 0 Å². The number of nitrogens with zero attached hydrogens (tertiary/aromatic N) is 4. The summed E-state index contributed by atoms with van der Waals surface area (Å²) in [6.45, 7) is 4.92. The summed E-state index contributed by atoms with van der Waals surface area (Å²) < 4.78 is 2.00. The van der Waals surface area contributed by atoms with E-state index in [1.165, 1.54) is 12.8 Å². The van der Waals surface area contributed by atoms with E-state index in [-0.39, 0.29) is 11.8 Å². The molecule has 0 saturated heterocycles. The number of aromatic nitrogens is 4. The molecule has 21 heavy (non-hydrogen) atoms. The van der Waals surface area contributed by atoms with Crippen LogP contribution in [0.1, 0.15) is 38.4 Å². The number of amides is 1. The van der Waals surface area contributed by atoms with E-state index in [2.05, 4.69) is 25.8 Å². The molecule has 1 fully saturated rings. The monoisotopic (exact) mass is 288 g/mol. The molecule has 2 aromatic heterocycles. The van der Waals surface area contributed by atoms with Crippen LogP contribution in [-0.2, 0) is 4.79 Å². The summed E-state index contributed by atoms with van der Waals surface area (Å²) in [5.41, 5.74) is 0.745. The molecule has 0 unspecified atom stereocenters. The van der Waals surface area contributed by atoms with Crippen LogP contribution in [0.25, 0.3) is 5.65 Å². The van der Waals surface area contributed by atoms with Gasteiger partial charge in [-0.15, -0.1) is 10.2 Å². The predicted molar refractivity (Wildman–Crippen MR) is 79.1 cm³/mol. The number of nitrogens with one attached hydrogen (secondary N) is 2. The molecular weight excluding hydrogens is 268 g/mol. The fourth-order valence-electron chi connectivity index (χ4n) is 2.16. The van der Waals surface area contributed by atoms with Gasteiger partial charge in [-0.1, -0.05) is 13.8 Å². The minimum atomic E-state index is 0.00385. The lowest BCUT2D eigenvalue weighted by atomic mass is 10.2. The SMILES string of the molecule is CC(C)C(=O)NCCNc1nccn2c(C3CC3)nnc12. The van der Waals surface area contributed by atoms with Gasteiger partial charge in [-0.05, 0) is 12.8 Å². The number of rotatable bonds is 6. The Morgan fingerprint density at radius 3 is 2.90 bits per heavy atom. The van der Waals surface area contributed by atoms with E-state index >= 15 is 0 Å². The Morgan fingerprint density at radius 2 is 2.19 bits per heavy atom. The van der Waals surface area contributed by atoms with Crippen molar-refractivity contribution in [1.82, 2.24) is 24.9 Å². The summed E-state index contributed by atoms with van der Waals surface area (Å²) in [5.74, 6) is 2.32. The maximum atomic E-state index is 11.5. The maximum absolute atomic E-state index is 11.5. The van der Waals surface area contributed by atoms with Crippen LogP contribution in [-0.4, -0.2) is 38.6 Å². The Labute approximate surface area is 123 Å². The van der Waals surface area contributed by atoms with Crippen LogP contribution in [0.3, 0.4) is 0 Å². The number of anilines is 1. The van der Waals surface area contributed by atoms with Gasteiger partial charge in [0.2, 0.25) is 11.6 Å². The number of hydrogen-bond donors (Lipinski definition) is 2. The smallest absolute Gasteiger partial charge is 0.222 e. The summed E-state index contributed by atoms with van der Waals surface area (Å²) in [6.07, 6.45) is 6.02. The average Bonchev–Trinajstić information content (AvgIpc) is 3.22. The molecule has 1 amide bonds. The van der Waals surface area contributed by atoms with Crippen LogP contribution in [0.2, 0.25) is 0 Å². The molecule has 0 aliphatic heterocycles. The summed E-state index contributed by atoms with van der Waals surface area (Å²) in [6, 6.07) is 0. The van der Waals surface area contributed by atoms with E-state index in [4.69, 9.17) is 0 Å². The molecule has 1 aliphatic carbocycles. The third-order valence-electron chi connectivity index (χ3n) is 3.54. The molecule has 3 rings (SSSR count). The van der Waals surface area contributed by atoms with Gasteiger partial charge in [0.05, 0.1) is 0 Å². The fraction of sp³-hybridized carbons (Fsp3) is 0.571. The topological polar surface area (TPSA) is 84.2 Å². The van der Waals surface area contributed by atoms with E-state index in [0.717, 1.165) is 11.5 Å². The summed E-state index contributed by atoms with van der Waals surface area (Å²) >= 11 is 0. The maximum Gasteiger partial charge on any atom is 0.222 e. The lowest BCUT2D eigenvalue weighted by molar-refractivity contribution is -0.123. The molecule has 0 radical (unpaired) electrons. The first-order valence-electron chi connectivity index (χ1n) is 7.38. The molecular formula is C14H20N6O. The van der Waals surface area contributed by atoms with Gasteiger partial charge in [0.25, 0.3) is 0 Å². The first-order chi connectivity index (χ1) is 10.2. The average molecular weight is 288 g/mol. The Bertz CT molecular complexity index is 646. The van der Waals surface area contributed by atoms with E-state index in [1.807, 2.05) is 24.4 Å². The van der Waals surface area contributed by atoms with Crippen molar-refractivity contribution in [2.75, 3.05) is 18.4 Å². The van der Waals surface area contributed by atoms with Crippen molar-refractivity contribution in [2.45, 2.75) is 32.6 Å². The zero-order valence-electron chi connectivity index (χ0n) is 12.3. The fourth-order valence-corrected chi connectivity index (χ4v) is 2.16. The van der Waals surface area contributed by atoms with Gasteiger partial charge in [-0.3, -0.25) is 9.20 Å². The van der Waals surface area contributed by atoms with Crippen molar-refractivity contribution < 1.29 is 4.79 Å². The number of carbonyl (C=O) groups is 1. The van der Waals surface area contributed by atoms with Gasteiger partial charge in [-0.25, -0.2) is 4.98 Å². The minimum absolute atomic E-state index is 0.00385. The molecule has 2 heterocycles. The van der Waals surface area contributed by atoms with Crippen molar-refractivity contribution in [3.05, 3.63) is 18.2 Å². The second-order valence-corrected chi connectivity index (χ2v) is 5.67. The Morgan fingerprint density at radius 1 is 1.38 bits per heavy atom. The normalized spacial score (nSPS) is 14.6. The molecule has 1 aliphatic rings. The second kappa shape index (κ2) is 5.67. The Hall–Kier alpha value is -2.18. The van der Waals surface area contributed by atoms with Gasteiger partial charge in [0, 0.05) is 37.3 Å². The van der Waals surface area contributed by atoms with E-state index in [9.17, 15) is 4.79 Å². The standard InChI is InChI=1S/C14H20N6O/c1-9(2)14(21)17-6-5-15-11-13-19-18-12(10-3-4-10)20(13)8-7-16-11/h7-10H,3-6H2,1-2H3,(H,15,16)(H,17,21). The Kier molecular flexibility index (Phi) is 3.72. The van der Waals surface area contributed by atoms with Crippen LogP contribution in [0.15, 0.2) is 12.4 Å². The second-order valence-electron chi connectivity index (χ2n) is 5.67.